The van der Waals surface area contributed by atoms with E-state index in [1.54, 1.807) is 6.33 Å². The molecule has 0 N–H and O–H groups in total. The minimum atomic E-state index is 0.202. The molecule has 1 unspecified atom stereocenters. The van der Waals surface area contributed by atoms with Crippen molar-refractivity contribution in [3.05, 3.63) is 21.8 Å². The van der Waals surface area contributed by atoms with Crippen molar-refractivity contribution in [3.8, 4) is 0 Å². The molecule has 0 saturated heterocycles. The van der Waals surface area contributed by atoms with Crippen LogP contribution in [0.1, 0.15) is 25.5 Å². The van der Waals surface area contributed by atoms with E-state index in [4.69, 9.17) is 11.6 Å². The average Bonchev–Trinajstić information content (AvgIpc) is 2.09. The molecule has 0 aromatic carbocycles. The Balaban J connectivity index is 2.58. The molecule has 0 spiro atoms. The molecule has 1 atom stereocenters. The predicted octanol–water partition coefficient (Wildman–Crippen LogP) is 3.03. The molecule has 2 nitrogen and oxygen atoms in total. The van der Waals surface area contributed by atoms with Crippen LogP contribution in [0, 0.1) is 3.57 Å². The summed E-state index contributed by atoms with van der Waals surface area (Å²) in [5, 5.41) is 0.202. The van der Waals surface area contributed by atoms with Gasteiger partial charge < -0.3 is 0 Å². The Labute approximate surface area is 97.3 Å². The molecule has 0 aliphatic carbocycles. The van der Waals surface area contributed by atoms with E-state index in [2.05, 4.69) is 39.5 Å². The molecular weight excluding hydrogens is 298 g/mol. The van der Waals surface area contributed by atoms with Crippen molar-refractivity contribution in [1.82, 2.24) is 9.97 Å². The highest BCUT2D eigenvalue weighted by Gasteiger charge is 2.08. The molecule has 4 heteroatoms. The van der Waals surface area contributed by atoms with Crippen LogP contribution in [0.5, 0.6) is 0 Å². The van der Waals surface area contributed by atoms with E-state index < -0.39 is 0 Å². The number of nitrogens with zero attached hydrogens (tertiary/aromatic N) is 2. The van der Waals surface area contributed by atoms with E-state index in [0.717, 1.165) is 28.5 Å². The van der Waals surface area contributed by atoms with E-state index in [1.807, 2.05) is 6.20 Å². The number of hydrogen-bond acceptors (Lipinski definition) is 2. The lowest BCUT2D eigenvalue weighted by Gasteiger charge is -2.07. The van der Waals surface area contributed by atoms with Crippen LogP contribution in [0.4, 0.5) is 0 Å². The van der Waals surface area contributed by atoms with Crippen LogP contribution >= 0.6 is 34.2 Å². The Bertz CT molecular complexity index is 268. The molecule has 1 aromatic heterocycles. The minimum Gasteiger partial charge on any atom is -0.244 e. The molecule has 0 saturated carbocycles. The van der Waals surface area contributed by atoms with Crippen LogP contribution in [-0.4, -0.2) is 15.3 Å². The van der Waals surface area contributed by atoms with E-state index in [0.29, 0.717) is 0 Å². The standard InChI is InChI=1S/C9H12ClIN2/c1-2-3-7(10)4-9-8(11)5-12-6-13-9/h5-7H,2-4H2,1H3. The van der Waals surface area contributed by atoms with Gasteiger partial charge in [-0.15, -0.1) is 11.6 Å². The maximum atomic E-state index is 6.12. The third-order valence-corrected chi connectivity index (χ3v) is 3.03. The maximum Gasteiger partial charge on any atom is 0.115 e. The zero-order chi connectivity index (χ0) is 9.68. The Kier molecular flexibility index (Phi) is 4.94. The van der Waals surface area contributed by atoms with Gasteiger partial charge in [-0.05, 0) is 29.0 Å². The van der Waals surface area contributed by atoms with Gasteiger partial charge in [-0.25, -0.2) is 9.97 Å². The number of rotatable bonds is 4. The van der Waals surface area contributed by atoms with Crippen molar-refractivity contribution in [2.24, 2.45) is 0 Å². The van der Waals surface area contributed by atoms with E-state index in [9.17, 15) is 0 Å². The smallest absolute Gasteiger partial charge is 0.115 e. The van der Waals surface area contributed by atoms with Gasteiger partial charge in [-0.3, -0.25) is 0 Å². The monoisotopic (exact) mass is 310 g/mol. The summed E-state index contributed by atoms with van der Waals surface area (Å²) < 4.78 is 1.10. The lowest BCUT2D eigenvalue weighted by atomic mass is 10.1. The average molecular weight is 311 g/mol. The second-order valence-electron chi connectivity index (χ2n) is 2.91. The van der Waals surface area contributed by atoms with Crippen LogP contribution < -0.4 is 0 Å². The van der Waals surface area contributed by atoms with Crippen LogP contribution in [0.2, 0.25) is 0 Å². The molecule has 0 bridgehead atoms. The predicted molar refractivity (Wildman–Crippen MR) is 63.0 cm³/mol. The summed E-state index contributed by atoms with van der Waals surface area (Å²) in [5.41, 5.74) is 1.06. The maximum absolute atomic E-state index is 6.12. The largest absolute Gasteiger partial charge is 0.244 e. The van der Waals surface area contributed by atoms with Gasteiger partial charge >= 0.3 is 0 Å². The van der Waals surface area contributed by atoms with Gasteiger partial charge in [0.05, 0.1) is 9.26 Å². The van der Waals surface area contributed by atoms with E-state index in [-0.39, 0.29) is 5.38 Å². The van der Waals surface area contributed by atoms with E-state index in [1.165, 1.54) is 0 Å². The zero-order valence-corrected chi connectivity index (χ0v) is 10.4. The first kappa shape index (κ1) is 11.2. The molecule has 0 aliphatic heterocycles. The Morgan fingerprint density at radius 1 is 1.62 bits per heavy atom. The number of hydrogen-bond donors (Lipinski definition) is 0. The number of alkyl halides is 1. The van der Waals surface area contributed by atoms with Crippen LogP contribution in [0.3, 0.4) is 0 Å². The van der Waals surface area contributed by atoms with Crippen LogP contribution in [-0.2, 0) is 6.42 Å². The Morgan fingerprint density at radius 3 is 3.00 bits per heavy atom. The summed E-state index contributed by atoms with van der Waals surface area (Å²) in [4.78, 5) is 8.13. The number of halogens is 2. The van der Waals surface area contributed by atoms with Gasteiger partial charge in [0.1, 0.15) is 6.33 Å². The third-order valence-electron chi connectivity index (χ3n) is 1.76. The molecule has 1 heterocycles. The molecule has 0 amide bonds. The fourth-order valence-corrected chi connectivity index (χ4v) is 2.00. The first-order chi connectivity index (χ1) is 6.24. The summed E-state index contributed by atoms with van der Waals surface area (Å²) in [6.45, 7) is 2.14. The van der Waals surface area contributed by atoms with Crippen molar-refractivity contribution in [1.29, 1.82) is 0 Å². The molecule has 1 aromatic rings. The van der Waals surface area contributed by atoms with Gasteiger partial charge in [-0.2, -0.15) is 0 Å². The second kappa shape index (κ2) is 5.75. The molecule has 0 aliphatic rings. The molecule has 0 fully saturated rings. The van der Waals surface area contributed by atoms with Crippen molar-refractivity contribution in [3.63, 3.8) is 0 Å². The lowest BCUT2D eigenvalue weighted by Crippen LogP contribution is -2.06. The van der Waals surface area contributed by atoms with Gasteiger partial charge in [-0.1, -0.05) is 13.3 Å². The van der Waals surface area contributed by atoms with Gasteiger partial charge in [0.2, 0.25) is 0 Å². The highest BCUT2D eigenvalue weighted by atomic mass is 127. The normalized spacial score (nSPS) is 12.8. The molecular formula is C9H12ClIN2. The molecule has 0 radical (unpaired) electrons. The fourth-order valence-electron chi connectivity index (χ4n) is 1.11. The van der Waals surface area contributed by atoms with Gasteiger partial charge in [0.25, 0.3) is 0 Å². The van der Waals surface area contributed by atoms with Gasteiger partial charge in [0.15, 0.2) is 0 Å². The van der Waals surface area contributed by atoms with Crippen molar-refractivity contribution in [2.75, 3.05) is 0 Å². The topological polar surface area (TPSA) is 25.8 Å². The third kappa shape index (κ3) is 3.77. The first-order valence-electron chi connectivity index (χ1n) is 4.32. The quantitative estimate of drug-likeness (QED) is 0.631. The van der Waals surface area contributed by atoms with Crippen molar-refractivity contribution < 1.29 is 0 Å². The van der Waals surface area contributed by atoms with E-state index >= 15 is 0 Å². The minimum absolute atomic E-state index is 0.202. The Hall–Kier alpha value is 0.100. The number of aromatic nitrogens is 2. The summed E-state index contributed by atoms with van der Waals surface area (Å²) in [5.74, 6) is 0. The zero-order valence-electron chi connectivity index (χ0n) is 7.50. The summed E-state index contributed by atoms with van der Waals surface area (Å²) in [6, 6.07) is 0. The summed E-state index contributed by atoms with van der Waals surface area (Å²) >= 11 is 8.36. The fraction of sp³-hybridized carbons (Fsp3) is 0.556. The van der Waals surface area contributed by atoms with Gasteiger partial charge in [0, 0.05) is 18.0 Å². The van der Waals surface area contributed by atoms with Crippen molar-refractivity contribution >= 4 is 34.2 Å². The Morgan fingerprint density at radius 2 is 2.38 bits per heavy atom. The summed E-state index contributed by atoms with van der Waals surface area (Å²) in [7, 11) is 0. The summed E-state index contributed by atoms with van der Waals surface area (Å²) in [6.07, 6.45) is 6.40. The SMILES string of the molecule is CCCC(Cl)Cc1ncncc1I. The second-order valence-corrected chi connectivity index (χ2v) is 4.69. The molecule has 1 rings (SSSR count). The highest BCUT2D eigenvalue weighted by molar-refractivity contribution is 14.1. The lowest BCUT2D eigenvalue weighted by molar-refractivity contribution is 0.712. The van der Waals surface area contributed by atoms with Crippen LogP contribution in [0.25, 0.3) is 0 Å². The molecule has 13 heavy (non-hydrogen) atoms. The highest BCUT2D eigenvalue weighted by Crippen LogP contribution is 2.15. The molecule has 72 valence electrons. The van der Waals surface area contributed by atoms with Crippen molar-refractivity contribution in [2.45, 2.75) is 31.6 Å². The first-order valence-corrected chi connectivity index (χ1v) is 5.84. The van der Waals surface area contributed by atoms with Crippen LogP contribution in [0.15, 0.2) is 12.5 Å².